The summed E-state index contributed by atoms with van der Waals surface area (Å²) < 4.78 is 11.3. The second kappa shape index (κ2) is 5.45. The molecule has 1 aromatic rings. The van der Waals surface area contributed by atoms with Gasteiger partial charge in [-0.3, -0.25) is 9.59 Å². The van der Waals surface area contributed by atoms with Gasteiger partial charge in [-0.15, -0.1) is 0 Å². The van der Waals surface area contributed by atoms with Crippen LogP contribution in [0.25, 0.3) is 0 Å². The van der Waals surface area contributed by atoms with Crippen LogP contribution in [0.4, 0.5) is 0 Å². The van der Waals surface area contributed by atoms with Crippen molar-refractivity contribution in [3.8, 4) is 0 Å². The highest BCUT2D eigenvalue weighted by Crippen LogP contribution is 2.53. The maximum absolute atomic E-state index is 13.1. The SMILES string of the molecule is CCOC(=O)[C@@H]1[C@@H]2C=C[C@@]3(CN([C@@H](C)c4ccccc4)C(=O)[C@H]13)O2. The van der Waals surface area contributed by atoms with E-state index in [-0.39, 0.29) is 24.0 Å². The van der Waals surface area contributed by atoms with Gasteiger partial charge in [-0.1, -0.05) is 42.5 Å². The normalized spacial score (nSPS) is 34.5. The van der Waals surface area contributed by atoms with Crippen LogP contribution in [0, 0.1) is 11.8 Å². The van der Waals surface area contributed by atoms with E-state index in [2.05, 4.69) is 0 Å². The molecular formula is C19H21NO4. The predicted octanol–water partition coefficient (Wildman–Crippen LogP) is 2.09. The Balaban J connectivity index is 1.64. The summed E-state index contributed by atoms with van der Waals surface area (Å²) >= 11 is 0. The van der Waals surface area contributed by atoms with Gasteiger partial charge in [0.05, 0.1) is 31.2 Å². The fraction of sp³-hybridized carbons (Fsp3) is 0.474. The van der Waals surface area contributed by atoms with Crippen LogP contribution in [0.1, 0.15) is 25.5 Å². The molecule has 126 valence electrons. The smallest absolute Gasteiger partial charge is 0.312 e. The van der Waals surface area contributed by atoms with Crippen LogP contribution >= 0.6 is 0 Å². The number of hydrogen-bond donors (Lipinski definition) is 0. The Kier molecular flexibility index (Phi) is 3.49. The molecule has 1 spiro atoms. The molecule has 4 rings (SSSR count). The lowest BCUT2D eigenvalue weighted by Gasteiger charge is -2.27. The quantitative estimate of drug-likeness (QED) is 0.628. The molecule has 0 N–H and O–H groups in total. The van der Waals surface area contributed by atoms with E-state index in [0.717, 1.165) is 5.56 Å². The minimum absolute atomic E-state index is 0.0174. The summed E-state index contributed by atoms with van der Waals surface area (Å²) in [6.07, 6.45) is 3.53. The van der Waals surface area contributed by atoms with Gasteiger partial charge < -0.3 is 14.4 Å². The first-order chi connectivity index (χ1) is 11.6. The summed E-state index contributed by atoms with van der Waals surface area (Å²) in [5, 5.41) is 0. The number of ether oxygens (including phenoxy) is 2. The fourth-order valence-electron chi connectivity index (χ4n) is 4.27. The van der Waals surface area contributed by atoms with Crippen LogP contribution in [0.2, 0.25) is 0 Å². The van der Waals surface area contributed by atoms with Crippen molar-refractivity contribution < 1.29 is 19.1 Å². The van der Waals surface area contributed by atoms with Crippen molar-refractivity contribution in [1.29, 1.82) is 0 Å². The highest BCUT2D eigenvalue weighted by atomic mass is 16.6. The number of carbonyl (C=O) groups is 2. The van der Waals surface area contributed by atoms with E-state index in [9.17, 15) is 9.59 Å². The van der Waals surface area contributed by atoms with Gasteiger partial charge in [-0.05, 0) is 19.4 Å². The Labute approximate surface area is 141 Å². The zero-order valence-electron chi connectivity index (χ0n) is 13.8. The standard InChI is InChI=1S/C19H21NO4/c1-3-23-18(22)15-14-9-10-19(24-14)11-20(17(21)16(15)19)12(2)13-7-5-4-6-8-13/h4-10,12,14-16H,3,11H2,1-2H3/t12-,14-,15+,16-,19-/m0/s1. The fourth-order valence-corrected chi connectivity index (χ4v) is 4.27. The van der Waals surface area contributed by atoms with E-state index >= 15 is 0 Å². The second-order valence-electron chi connectivity index (χ2n) is 6.70. The summed E-state index contributed by atoms with van der Waals surface area (Å²) in [6.45, 7) is 4.58. The summed E-state index contributed by atoms with van der Waals surface area (Å²) in [4.78, 5) is 27.3. The lowest BCUT2D eigenvalue weighted by molar-refractivity contribution is -0.153. The number of hydrogen-bond acceptors (Lipinski definition) is 4. The zero-order valence-corrected chi connectivity index (χ0v) is 13.8. The molecule has 0 saturated carbocycles. The van der Waals surface area contributed by atoms with Gasteiger partial charge >= 0.3 is 5.97 Å². The summed E-state index contributed by atoms with van der Waals surface area (Å²) in [7, 11) is 0. The predicted molar refractivity (Wildman–Crippen MR) is 86.9 cm³/mol. The molecule has 2 saturated heterocycles. The van der Waals surface area contributed by atoms with Crippen LogP contribution in [0.5, 0.6) is 0 Å². The first-order valence-electron chi connectivity index (χ1n) is 8.46. The Morgan fingerprint density at radius 1 is 1.42 bits per heavy atom. The largest absolute Gasteiger partial charge is 0.466 e. The number of carbonyl (C=O) groups excluding carboxylic acids is 2. The van der Waals surface area contributed by atoms with Gasteiger partial charge in [0.1, 0.15) is 11.5 Å². The monoisotopic (exact) mass is 327 g/mol. The number of rotatable bonds is 4. The summed E-state index contributed by atoms with van der Waals surface area (Å²) in [6, 6.07) is 9.86. The van der Waals surface area contributed by atoms with Crippen LogP contribution < -0.4 is 0 Å². The molecule has 24 heavy (non-hydrogen) atoms. The number of fused-ring (bicyclic) bond motifs is 1. The van der Waals surface area contributed by atoms with Crippen molar-refractivity contribution in [2.24, 2.45) is 11.8 Å². The molecule has 5 heteroatoms. The van der Waals surface area contributed by atoms with Gasteiger partial charge in [-0.25, -0.2) is 0 Å². The zero-order chi connectivity index (χ0) is 16.9. The van der Waals surface area contributed by atoms with Crippen LogP contribution in [-0.4, -0.2) is 41.6 Å². The second-order valence-corrected chi connectivity index (χ2v) is 6.70. The number of nitrogens with zero attached hydrogens (tertiary/aromatic N) is 1. The average Bonchev–Trinajstić information content (AvgIpc) is 3.23. The lowest BCUT2D eigenvalue weighted by atomic mass is 9.77. The molecule has 1 aromatic carbocycles. The first-order valence-corrected chi connectivity index (χ1v) is 8.46. The molecule has 3 aliphatic heterocycles. The first kappa shape index (κ1) is 15.4. The highest BCUT2D eigenvalue weighted by molar-refractivity contribution is 5.91. The van der Waals surface area contributed by atoms with Crippen molar-refractivity contribution in [1.82, 2.24) is 4.90 Å². The molecule has 2 fully saturated rings. The molecule has 3 aliphatic rings. The van der Waals surface area contributed by atoms with E-state index in [1.165, 1.54) is 0 Å². The van der Waals surface area contributed by atoms with E-state index in [1.807, 2.05) is 54.3 Å². The van der Waals surface area contributed by atoms with Crippen molar-refractivity contribution in [2.75, 3.05) is 13.2 Å². The van der Waals surface area contributed by atoms with Gasteiger partial charge in [0.2, 0.25) is 5.91 Å². The van der Waals surface area contributed by atoms with Crippen molar-refractivity contribution in [2.45, 2.75) is 31.6 Å². The van der Waals surface area contributed by atoms with Gasteiger partial charge in [0.25, 0.3) is 0 Å². The van der Waals surface area contributed by atoms with Crippen LogP contribution in [0.3, 0.4) is 0 Å². The third-order valence-electron chi connectivity index (χ3n) is 5.44. The molecule has 0 aliphatic carbocycles. The van der Waals surface area contributed by atoms with Gasteiger partial charge in [-0.2, -0.15) is 0 Å². The van der Waals surface area contributed by atoms with Gasteiger partial charge in [0, 0.05) is 0 Å². The molecule has 3 heterocycles. The molecule has 5 atom stereocenters. The molecule has 5 nitrogen and oxygen atoms in total. The van der Waals surface area contributed by atoms with Crippen molar-refractivity contribution in [3.63, 3.8) is 0 Å². The molecule has 2 bridgehead atoms. The van der Waals surface area contributed by atoms with Crippen LogP contribution in [-0.2, 0) is 19.1 Å². The Bertz CT molecular complexity index is 701. The molecular weight excluding hydrogens is 306 g/mol. The maximum atomic E-state index is 13.1. The van der Waals surface area contributed by atoms with E-state index in [1.54, 1.807) is 6.92 Å². The highest BCUT2D eigenvalue weighted by Gasteiger charge is 2.67. The molecule has 0 radical (unpaired) electrons. The number of likely N-dealkylation sites (tertiary alicyclic amines) is 1. The van der Waals surface area contributed by atoms with Crippen molar-refractivity contribution in [3.05, 3.63) is 48.0 Å². The molecule has 0 aromatic heterocycles. The number of benzene rings is 1. The third kappa shape index (κ3) is 2.04. The van der Waals surface area contributed by atoms with Crippen molar-refractivity contribution >= 4 is 11.9 Å². The molecule has 0 unspecified atom stereocenters. The third-order valence-corrected chi connectivity index (χ3v) is 5.44. The van der Waals surface area contributed by atoms with E-state index in [0.29, 0.717) is 13.2 Å². The summed E-state index contributed by atoms with van der Waals surface area (Å²) in [5.41, 5.74) is 0.399. The van der Waals surface area contributed by atoms with Gasteiger partial charge in [0.15, 0.2) is 0 Å². The van der Waals surface area contributed by atoms with E-state index < -0.39 is 17.4 Å². The van der Waals surface area contributed by atoms with Crippen LogP contribution in [0.15, 0.2) is 42.5 Å². The summed E-state index contributed by atoms with van der Waals surface area (Å²) in [5.74, 6) is -1.36. The molecule has 1 amide bonds. The Morgan fingerprint density at radius 3 is 2.88 bits per heavy atom. The Morgan fingerprint density at radius 2 is 2.17 bits per heavy atom. The Hall–Kier alpha value is -2.14. The minimum atomic E-state index is -0.678. The lowest BCUT2D eigenvalue weighted by Crippen LogP contribution is -2.40. The number of esters is 1. The average molecular weight is 327 g/mol. The maximum Gasteiger partial charge on any atom is 0.312 e. The topological polar surface area (TPSA) is 55.8 Å². The number of amides is 1. The minimum Gasteiger partial charge on any atom is -0.466 e. The van der Waals surface area contributed by atoms with E-state index in [4.69, 9.17) is 9.47 Å².